The highest BCUT2D eigenvalue weighted by molar-refractivity contribution is 7.84. The molecule has 0 aromatic heterocycles. The fourth-order valence-corrected chi connectivity index (χ4v) is 1.89. The van der Waals surface area contributed by atoms with Crippen molar-refractivity contribution in [2.45, 2.75) is 12.1 Å². The number of β-lactam (4-membered cyclic amide) rings is 1. The molecule has 1 heterocycles. The van der Waals surface area contributed by atoms with Crippen molar-refractivity contribution in [3.63, 3.8) is 0 Å². The van der Waals surface area contributed by atoms with Crippen molar-refractivity contribution >= 4 is 16.2 Å². The Kier molecular flexibility index (Phi) is 1.94. The lowest BCUT2D eigenvalue weighted by Gasteiger charge is -2.40. The van der Waals surface area contributed by atoms with Crippen LogP contribution in [0.1, 0.15) is 0 Å². The van der Waals surface area contributed by atoms with Gasteiger partial charge in [-0.15, -0.1) is 6.58 Å². The first kappa shape index (κ1) is 9.17. The van der Waals surface area contributed by atoms with Crippen LogP contribution in [0.15, 0.2) is 12.7 Å². The highest BCUT2D eigenvalue weighted by Crippen LogP contribution is 2.21. The van der Waals surface area contributed by atoms with Crippen LogP contribution in [0.3, 0.4) is 0 Å². The first-order valence-corrected chi connectivity index (χ1v) is 4.48. The van der Waals surface area contributed by atoms with Gasteiger partial charge in [0, 0.05) is 0 Å². The van der Waals surface area contributed by atoms with E-state index in [9.17, 15) is 13.2 Å². The van der Waals surface area contributed by atoms with Crippen molar-refractivity contribution in [2.24, 2.45) is 5.73 Å². The molecule has 0 aliphatic carbocycles. The number of hydrogen-bond acceptors (Lipinski definition) is 4. The average molecular weight is 192 g/mol. The van der Waals surface area contributed by atoms with E-state index in [1.807, 2.05) is 0 Å². The lowest BCUT2D eigenvalue weighted by molar-refractivity contribution is -0.138. The topological polar surface area (TPSA) is 101 Å². The summed E-state index contributed by atoms with van der Waals surface area (Å²) in [4.78, 5) is 10.8. The van der Waals surface area contributed by atoms with Gasteiger partial charge in [-0.1, -0.05) is 6.08 Å². The second kappa shape index (κ2) is 2.54. The van der Waals surface area contributed by atoms with Crippen molar-refractivity contribution in [1.29, 1.82) is 0 Å². The van der Waals surface area contributed by atoms with E-state index in [-0.39, 0.29) is 0 Å². The van der Waals surface area contributed by atoms with Crippen molar-refractivity contribution in [2.75, 3.05) is 0 Å². The Morgan fingerprint density at radius 1 is 1.67 bits per heavy atom. The van der Waals surface area contributed by atoms with Gasteiger partial charge in [0.05, 0.1) is 6.04 Å². The maximum Gasteiger partial charge on any atom is 0.362 e. The Balaban J connectivity index is 2.95. The summed E-state index contributed by atoms with van der Waals surface area (Å²) in [5.74, 6) is -0.817. The Bertz CT molecular complexity index is 322. The zero-order chi connectivity index (χ0) is 9.52. The van der Waals surface area contributed by atoms with E-state index in [2.05, 4.69) is 6.58 Å². The van der Waals surface area contributed by atoms with Crippen LogP contribution in [0.5, 0.6) is 0 Å². The number of hydrogen-bond donors (Lipinski definition) is 2. The van der Waals surface area contributed by atoms with Gasteiger partial charge in [-0.2, -0.15) is 8.42 Å². The number of carbonyl (C=O) groups is 1. The first-order chi connectivity index (χ1) is 5.39. The van der Waals surface area contributed by atoms with Crippen LogP contribution in [0, 0.1) is 0 Å². The smallest absolute Gasteiger partial charge is 0.318 e. The minimum atomic E-state index is -4.48. The van der Waals surface area contributed by atoms with Crippen LogP contribution < -0.4 is 5.73 Å². The first-order valence-electron chi connectivity index (χ1n) is 3.08. The molecule has 1 aliphatic rings. The quantitative estimate of drug-likeness (QED) is 0.315. The molecule has 0 unspecified atom stereocenters. The highest BCUT2D eigenvalue weighted by atomic mass is 32.2. The molecule has 6 nitrogen and oxygen atoms in total. The summed E-state index contributed by atoms with van der Waals surface area (Å²) in [6.07, 6.45) is 1.19. The zero-order valence-electron chi connectivity index (χ0n) is 6.04. The molecule has 0 saturated carbocycles. The van der Waals surface area contributed by atoms with Crippen LogP contribution in [0.25, 0.3) is 0 Å². The standard InChI is InChI=1S/C5H8N2O4S/c1-2-3-4(6)5(8)7(3)12(9,10)11/h2-4H,1,6H2,(H,9,10,11)/t3-,4+/m1/s1. The third kappa shape index (κ3) is 1.11. The van der Waals surface area contributed by atoms with E-state index in [1.165, 1.54) is 6.08 Å². The van der Waals surface area contributed by atoms with Crippen LogP contribution >= 0.6 is 0 Å². The minimum Gasteiger partial charge on any atom is -0.318 e. The molecule has 0 spiro atoms. The van der Waals surface area contributed by atoms with E-state index < -0.39 is 28.3 Å². The molecule has 0 bridgehead atoms. The molecule has 68 valence electrons. The normalized spacial score (nSPS) is 29.8. The SMILES string of the molecule is C=C[C@@H]1[C@H](N)C(=O)N1S(=O)(=O)O. The molecule has 1 aliphatic heterocycles. The lowest BCUT2D eigenvalue weighted by Crippen LogP contribution is -2.69. The molecule has 0 aromatic carbocycles. The molecule has 7 heteroatoms. The van der Waals surface area contributed by atoms with Crippen LogP contribution in [-0.2, 0) is 15.1 Å². The summed E-state index contributed by atoms with van der Waals surface area (Å²) in [5.41, 5.74) is 5.23. The number of carbonyl (C=O) groups excluding carboxylic acids is 1. The molecular weight excluding hydrogens is 184 g/mol. The molecule has 2 atom stereocenters. The molecule has 12 heavy (non-hydrogen) atoms. The summed E-state index contributed by atoms with van der Waals surface area (Å²) in [6, 6.07) is -1.74. The van der Waals surface area contributed by atoms with Gasteiger partial charge >= 0.3 is 10.3 Å². The van der Waals surface area contributed by atoms with Gasteiger partial charge in [0.15, 0.2) is 0 Å². The monoisotopic (exact) mass is 192 g/mol. The van der Waals surface area contributed by atoms with Crippen LogP contribution in [-0.4, -0.2) is 35.3 Å². The largest absolute Gasteiger partial charge is 0.362 e. The molecule has 3 N–H and O–H groups in total. The summed E-state index contributed by atoms with van der Waals surface area (Å²) in [7, 11) is -4.48. The summed E-state index contributed by atoms with van der Waals surface area (Å²) < 4.78 is 29.8. The van der Waals surface area contributed by atoms with Gasteiger partial charge < -0.3 is 5.73 Å². The summed E-state index contributed by atoms with van der Waals surface area (Å²) >= 11 is 0. The van der Waals surface area contributed by atoms with E-state index >= 15 is 0 Å². The Morgan fingerprint density at radius 3 is 2.42 bits per heavy atom. The van der Waals surface area contributed by atoms with E-state index in [1.54, 1.807) is 0 Å². The molecule has 1 fully saturated rings. The van der Waals surface area contributed by atoms with Crippen LogP contribution in [0.4, 0.5) is 0 Å². The molecular formula is C5H8N2O4S. The molecule has 0 aromatic rings. The molecule has 1 rings (SSSR count). The number of nitrogens with two attached hydrogens (primary N) is 1. The second-order valence-corrected chi connectivity index (χ2v) is 3.65. The minimum absolute atomic E-state index is 0.296. The van der Waals surface area contributed by atoms with Crippen molar-refractivity contribution in [3.8, 4) is 0 Å². The third-order valence-corrected chi connectivity index (χ3v) is 2.55. The van der Waals surface area contributed by atoms with Crippen molar-refractivity contribution < 1.29 is 17.8 Å². The van der Waals surface area contributed by atoms with E-state index in [0.29, 0.717) is 4.31 Å². The highest BCUT2D eigenvalue weighted by Gasteiger charge is 2.49. The van der Waals surface area contributed by atoms with Crippen LogP contribution in [0.2, 0.25) is 0 Å². The average Bonchev–Trinajstić information content (AvgIpc) is 1.95. The number of rotatable bonds is 2. The van der Waals surface area contributed by atoms with Crippen molar-refractivity contribution in [3.05, 3.63) is 12.7 Å². The number of nitrogens with zero attached hydrogens (tertiary/aromatic N) is 1. The third-order valence-electron chi connectivity index (χ3n) is 1.63. The van der Waals surface area contributed by atoms with Gasteiger partial charge in [-0.25, -0.2) is 4.31 Å². The van der Waals surface area contributed by atoms with E-state index in [0.717, 1.165) is 0 Å². The van der Waals surface area contributed by atoms with Gasteiger partial charge in [-0.05, 0) is 0 Å². The summed E-state index contributed by atoms with van der Waals surface area (Å²) in [5, 5.41) is 0. The van der Waals surface area contributed by atoms with Gasteiger partial charge in [0.25, 0.3) is 5.91 Å². The second-order valence-electron chi connectivity index (χ2n) is 2.36. The Morgan fingerprint density at radius 2 is 2.17 bits per heavy atom. The van der Waals surface area contributed by atoms with E-state index in [4.69, 9.17) is 10.3 Å². The summed E-state index contributed by atoms with van der Waals surface area (Å²) in [6.45, 7) is 3.28. The predicted molar refractivity (Wildman–Crippen MR) is 40.4 cm³/mol. The maximum atomic E-state index is 10.8. The van der Waals surface area contributed by atoms with Gasteiger partial charge in [0.1, 0.15) is 6.04 Å². The maximum absolute atomic E-state index is 10.8. The Hall–Kier alpha value is -0.920. The molecule has 1 amide bonds. The lowest BCUT2D eigenvalue weighted by atomic mass is 10.0. The van der Waals surface area contributed by atoms with Crippen molar-refractivity contribution in [1.82, 2.24) is 4.31 Å². The van der Waals surface area contributed by atoms with Gasteiger partial charge in [-0.3, -0.25) is 9.35 Å². The molecule has 0 radical (unpaired) electrons. The van der Waals surface area contributed by atoms with Gasteiger partial charge in [0.2, 0.25) is 0 Å². The zero-order valence-corrected chi connectivity index (χ0v) is 6.86. The predicted octanol–water partition coefficient (Wildman–Crippen LogP) is -1.49. The fraction of sp³-hybridized carbons (Fsp3) is 0.400. The fourth-order valence-electron chi connectivity index (χ4n) is 1.01. The molecule has 1 saturated heterocycles. The number of amides is 1. The Labute approximate surface area is 69.5 Å².